The predicted octanol–water partition coefficient (Wildman–Crippen LogP) is 2.40. The van der Waals surface area contributed by atoms with Crippen LogP contribution in [0, 0.1) is 0 Å². The lowest BCUT2D eigenvalue weighted by molar-refractivity contribution is 0.0919. The Morgan fingerprint density at radius 3 is 2.70 bits per heavy atom. The van der Waals surface area contributed by atoms with Crippen molar-refractivity contribution in [2.24, 2.45) is 0 Å². The van der Waals surface area contributed by atoms with E-state index in [1.165, 1.54) is 12.8 Å². The average molecular weight is 289 g/mol. The highest BCUT2D eigenvalue weighted by Gasteiger charge is 2.21. The molecule has 1 saturated heterocycles. The predicted molar refractivity (Wildman–Crippen MR) is 77.6 cm³/mol. The number of carbonyl (C=O) groups is 1. The van der Waals surface area contributed by atoms with Gasteiger partial charge < -0.3 is 9.64 Å². The molecule has 2 heterocycles. The number of Topliss-reactive ketones (excluding diaryl/α,β-unsaturated/α-hetero) is 1. The highest BCUT2D eigenvalue weighted by atomic mass is 32.1. The van der Waals surface area contributed by atoms with Crippen LogP contribution in [-0.4, -0.2) is 34.2 Å². The molecule has 6 heteroatoms. The Morgan fingerprint density at radius 2 is 1.95 bits per heavy atom. The van der Waals surface area contributed by atoms with Crippen molar-refractivity contribution in [1.82, 2.24) is 8.75 Å². The third-order valence-corrected chi connectivity index (χ3v) is 3.79. The maximum absolute atomic E-state index is 12.0. The van der Waals surface area contributed by atoms with E-state index in [0.29, 0.717) is 11.4 Å². The number of hydrogen-bond acceptors (Lipinski definition) is 6. The van der Waals surface area contributed by atoms with Crippen molar-refractivity contribution >= 4 is 23.3 Å². The Hall–Kier alpha value is -1.95. The first-order chi connectivity index (χ1) is 9.84. The molecule has 1 fully saturated rings. The number of nitrogens with zero attached hydrogens (tertiary/aromatic N) is 3. The first kappa shape index (κ1) is 13.1. The van der Waals surface area contributed by atoms with Gasteiger partial charge in [0.1, 0.15) is 0 Å². The fraction of sp³-hybridized carbons (Fsp3) is 0.357. The van der Waals surface area contributed by atoms with E-state index in [9.17, 15) is 4.79 Å². The van der Waals surface area contributed by atoms with Crippen molar-refractivity contribution in [1.29, 1.82) is 0 Å². The van der Waals surface area contributed by atoms with Crippen LogP contribution in [0.4, 0.5) is 5.82 Å². The van der Waals surface area contributed by atoms with Gasteiger partial charge in [-0.1, -0.05) is 30.3 Å². The Kier molecular flexibility index (Phi) is 3.92. The highest BCUT2D eigenvalue weighted by molar-refractivity contribution is 6.99. The zero-order valence-electron chi connectivity index (χ0n) is 11.0. The Bertz CT molecular complexity index is 579. The van der Waals surface area contributed by atoms with Crippen LogP contribution in [0.25, 0.3) is 0 Å². The van der Waals surface area contributed by atoms with Crippen LogP contribution in [0.1, 0.15) is 23.2 Å². The van der Waals surface area contributed by atoms with Crippen LogP contribution in [0.5, 0.6) is 5.88 Å². The van der Waals surface area contributed by atoms with Crippen LogP contribution >= 0.6 is 11.7 Å². The second-order valence-electron chi connectivity index (χ2n) is 4.67. The molecule has 104 valence electrons. The van der Waals surface area contributed by atoms with Crippen LogP contribution in [-0.2, 0) is 0 Å². The van der Waals surface area contributed by atoms with E-state index in [0.717, 1.165) is 30.6 Å². The summed E-state index contributed by atoms with van der Waals surface area (Å²) in [5, 5.41) is 0. The summed E-state index contributed by atoms with van der Waals surface area (Å²) in [7, 11) is 0. The average Bonchev–Trinajstić information content (AvgIpc) is 3.16. The molecule has 20 heavy (non-hydrogen) atoms. The number of anilines is 1. The molecule has 5 nitrogen and oxygen atoms in total. The first-order valence-electron chi connectivity index (χ1n) is 6.63. The lowest BCUT2D eigenvalue weighted by Gasteiger charge is -2.14. The molecule has 0 bridgehead atoms. The minimum absolute atomic E-state index is 0.00370. The second-order valence-corrected chi connectivity index (χ2v) is 5.19. The third-order valence-electron chi connectivity index (χ3n) is 3.28. The zero-order valence-corrected chi connectivity index (χ0v) is 11.8. The van der Waals surface area contributed by atoms with E-state index in [2.05, 4.69) is 13.6 Å². The number of ketones is 1. The zero-order chi connectivity index (χ0) is 13.8. The molecule has 1 aliphatic rings. The Morgan fingerprint density at radius 1 is 1.20 bits per heavy atom. The van der Waals surface area contributed by atoms with Gasteiger partial charge >= 0.3 is 0 Å². The quantitative estimate of drug-likeness (QED) is 0.791. The highest BCUT2D eigenvalue weighted by Crippen LogP contribution is 2.28. The van der Waals surface area contributed by atoms with Gasteiger partial charge in [0, 0.05) is 18.7 Å². The first-order valence-corrected chi connectivity index (χ1v) is 7.36. The number of rotatable bonds is 5. The number of aromatic nitrogens is 2. The van der Waals surface area contributed by atoms with Crippen molar-refractivity contribution in [2.45, 2.75) is 12.8 Å². The molecule has 0 amide bonds. The largest absolute Gasteiger partial charge is 0.466 e. The smallest absolute Gasteiger partial charge is 0.271 e. The van der Waals surface area contributed by atoms with Crippen molar-refractivity contribution in [3.8, 4) is 5.88 Å². The summed E-state index contributed by atoms with van der Waals surface area (Å²) in [5.74, 6) is 1.19. The summed E-state index contributed by atoms with van der Waals surface area (Å²) in [4.78, 5) is 14.1. The molecule has 0 spiro atoms. The molecule has 1 aromatic carbocycles. The maximum atomic E-state index is 12.0. The van der Waals surface area contributed by atoms with Crippen molar-refractivity contribution < 1.29 is 9.53 Å². The number of ether oxygens (including phenoxy) is 1. The van der Waals surface area contributed by atoms with Gasteiger partial charge in [-0.05, 0) is 12.8 Å². The lowest BCUT2D eigenvalue weighted by Crippen LogP contribution is -2.20. The Labute approximate surface area is 121 Å². The number of benzene rings is 1. The molecule has 1 aliphatic heterocycles. The summed E-state index contributed by atoms with van der Waals surface area (Å²) in [5.41, 5.74) is 0.651. The number of hydrogen-bond donors (Lipinski definition) is 0. The van der Waals surface area contributed by atoms with Crippen LogP contribution in [0.15, 0.2) is 30.3 Å². The molecule has 0 saturated carbocycles. The molecule has 1 aromatic heterocycles. The van der Waals surface area contributed by atoms with E-state index in [1.54, 1.807) is 12.1 Å². The summed E-state index contributed by atoms with van der Waals surface area (Å²) in [6.07, 6.45) is 2.33. The molecule has 0 atom stereocenters. The van der Waals surface area contributed by atoms with Crippen LogP contribution in [0.2, 0.25) is 0 Å². The van der Waals surface area contributed by atoms with Gasteiger partial charge in [0.15, 0.2) is 12.4 Å². The molecule has 3 rings (SSSR count). The summed E-state index contributed by atoms with van der Waals surface area (Å²) < 4.78 is 14.0. The van der Waals surface area contributed by atoms with E-state index >= 15 is 0 Å². The summed E-state index contributed by atoms with van der Waals surface area (Å²) in [6.45, 7) is 1.96. The molecular weight excluding hydrogens is 274 g/mol. The van der Waals surface area contributed by atoms with E-state index in [-0.39, 0.29) is 12.4 Å². The fourth-order valence-corrected chi connectivity index (χ4v) is 2.75. The second kappa shape index (κ2) is 6.00. The monoisotopic (exact) mass is 289 g/mol. The van der Waals surface area contributed by atoms with Crippen molar-refractivity contribution in [3.05, 3.63) is 35.9 Å². The topological polar surface area (TPSA) is 55.3 Å². The van der Waals surface area contributed by atoms with Gasteiger partial charge in [-0.15, -0.1) is 4.37 Å². The van der Waals surface area contributed by atoms with Crippen LogP contribution < -0.4 is 9.64 Å². The maximum Gasteiger partial charge on any atom is 0.271 e. The molecule has 0 aliphatic carbocycles. The number of carbonyl (C=O) groups excluding carboxylic acids is 1. The molecule has 0 unspecified atom stereocenters. The Balaban J connectivity index is 1.64. The van der Waals surface area contributed by atoms with Gasteiger partial charge in [-0.3, -0.25) is 4.79 Å². The summed E-state index contributed by atoms with van der Waals surface area (Å²) in [6, 6.07) is 9.13. The lowest BCUT2D eigenvalue weighted by atomic mass is 10.1. The normalized spacial score (nSPS) is 14.5. The van der Waals surface area contributed by atoms with Crippen molar-refractivity contribution in [3.63, 3.8) is 0 Å². The third kappa shape index (κ3) is 2.80. The van der Waals surface area contributed by atoms with E-state index < -0.39 is 0 Å². The molecule has 2 aromatic rings. The SMILES string of the molecule is O=C(COc1nsnc1N1CCCC1)c1ccccc1. The van der Waals surface area contributed by atoms with Gasteiger partial charge in [-0.2, -0.15) is 4.37 Å². The minimum Gasteiger partial charge on any atom is -0.466 e. The van der Waals surface area contributed by atoms with E-state index in [4.69, 9.17) is 4.74 Å². The molecule has 0 radical (unpaired) electrons. The van der Waals surface area contributed by atoms with Gasteiger partial charge in [0.25, 0.3) is 5.88 Å². The molecule has 0 N–H and O–H groups in total. The summed E-state index contributed by atoms with van der Waals surface area (Å²) >= 11 is 1.12. The van der Waals surface area contributed by atoms with Crippen molar-refractivity contribution in [2.75, 3.05) is 24.6 Å². The van der Waals surface area contributed by atoms with E-state index in [1.807, 2.05) is 18.2 Å². The van der Waals surface area contributed by atoms with Gasteiger partial charge in [0.2, 0.25) is 5.82 Å². The van der Waals surface area contributed by atoms with Gasteiger partial charge in [-0.25, -0.2) is 0 Å². The minimum atomic E-state index is -0.0500. The molecular formula is C14H15N3O2S. The fourth-order valence-electron chi connectivity index (χ4n) is 2.23. The standard InChI is InChI=1S/C14H15N3O2S/c18-12(11-6-2-1-3-7-11)10-19-14-13(15-20-16-14)17-8-4-5-9-17/h1-3,6-7H,4-5,8-10H2. The van der Waals surface area contributed by atoms with Crippen LogP contribution in [0.3, 0.4) is 0 Å². The van der Waals surface area contributed by atoms with Gasteiger partial charge in [0.05, 0.1) is 11.7 Å².